The smallest absolute Gasteiger partial charge is 0.406 e. The molecule has 168 valence electrons. The highest BCUT2D eigenvalue weighted by Crippen LogP contribution is 2.26. The fraction of sp³-hybridized carbons (Fsp3) is 0.429. The zero-order chi connectivity index (χ0) is 22.6. The number of hydrogen-bond acceptors (Lipinski definition) is 5. The second-order valence-electron chi connectivity index (χ2n) is 7.78. The molecule has 0 amide bonds. The highest BCUT2D eigenvalue weighted by molar-refractivity contribution is 6.09. The van der Waals surface area contributed by atoms with Gasteiger partial charge in [-0.2, -0.15) is 0 Å². The second-order valence-corrected chi connectivity index (χ2v) is 7.78. The van der Waals surface area contributed by atoms with Gasteiger partial charge in [-0.15, -0.1) is 13.2 Å². The first-order valence-electron chi connectivity index (χ1n) is 9.99. The normalized spacial score (nSPS) is 19.2. The zero-order valence-electron chi connectivity index (χ0n) is 17.3. The topological polar surface area (TPSA) is 93.2 Å². The number of rotatable bonds is 6. The number of aromatic nitrogens is 1. The Morgan fingerprint density at radius 2 is 1.77 bits per heavy atom. The van der Waals surface area contributed by atoms with Gasteiger partial charge in [-0.3, -0.25) is 10.2 Å². The second kappa shape index (κ2) is 9.42. The number of aromatic amines is 1. The number of hydrogen-bond donors (Lipinski definition) is 4. The first-order valence-corrected chi connectivity index (χ1v) is 9.99. The van der Waals surface area contributed by atoms with Crippen molar-refractivity contribution < 1.29 is 17.9 Å². The van der Waals surface area contributed by atoms with Crippen LogP contribution in [0.4, 0.5) is 24.5 Å². The number of halogens is 3. The minimum atomic E-state index is -4.77. The molecule has 4 N–H and O–H groups in total. The van der Waals surface area contributed by atoms with Gasteiger partial charge in [0.2, 0.25) is 0 Å². The predicted molar refractivity (Wildman–Crippen MR) is 114 cm³/mol. The Kier molecular flexibility index (Phi) is 6.89. The van der Waals surface area contributed by atoms with Crippen LogP contribution in [-0.4, -0.2) is 48.3 Å². The quantitative estimate of drug-likeness (QED) is 0.405. The summed E-state index contributed by atoms with van der Waals surface area (Å²) in [5.74, 6) is -0.520. The first kappa shape index (κ1) is 22.7. The summed E-state index contributed by atoms with van der Waals surface area (Å²) in [5, 5.41) is 14.5. The molecule has 1 heterocycles. The first-order chi connectivity index (χ1) is 14.6. The number of H-pyrrole nitrogens is 1. The fourth-order valence-corrected chi connectivity index (χ4v) is 3.75. The van der Waals surface area contributed by atoms with Gasteiger partial charge in [0.1, 0.15) is 17.1 Å². The maximum absolute atomic E-state index is 12.4. The lowest BCUT2D eigenvalue weighted by Gasteiger charge is -2.33. The molecule has 2 aromatic rings. The molecule has 1 saturated carbocycles. The lowest BCUT2D eigenvalue weighted by molar-refractivity contribution is -0.274. The van der Waals surface area contributed by atoms with Gasteiger partial charge < -0.3 is 25.3 Å². The fourth-order valence-electron chi connectivity index (χ4n) is 3.75. The molecule has 1 aliphatic carbocycles. The molecule has 1 fully saturated rings. The molecule has 1 aromatic heterocycles. The number of benzene rings is 1. The summed E-state index contributed by atoms with van der Waals surface area (Å²) < 4.78 is 40.7. The third-order valence-corrected chi connectivity index (χ3v) is 5.35. The van der Waals surface area contributed by atoms with Gasteiger partial charge in [0, 0.05) is 24.0 Å². The number of nitrogens with one attached hydrogen (secondary N) is 4. The van der Waals surface area contributed by atoms with Crippen LogP contribution in [0.5, 0.6) is 5.75 Å². The van der Waals surface area contributed by atoms with E-state index in [1.54, 1.807) is 6.07 Å². The van der Waals surface area contributed by atoms with Gasteiger partial charge in [-0.25, -0.2) is 0 Å². The van der Waals surface area contributed by atoms with Crippen molar-refractivity contribution >= 4 is 17.2 Å². The van der Waals surface area contributed by atoms with Crippen LogP contribution in [0.1, 0.15) is 31.2 Å². The summed E-state index contributed by atoms with van der Waals surface area (Å²) in [4.78, 5) is 17.2. The van der Waals surface area contributed by atoms with Crippen molar-refractivity contribution in [1.82, 2.24) is 9.88 Å². The molecular formula is C21H26F3N5O2. The molecule has 0 unspecified atom stereocenters. The summed E-state index contributed by atoms with van der Waals surface area (Å²) in [6.45, 7) is 0. The zero-order valence-corrected chi connectivity index (χ0v) is 17.3. The Morgan fingerprint density at radius 1 is 1.13 bits per heavy atom. The maximum Gasteiger partial charge on any atom is 0.573 e. The highest BCUT2D eigenvalue weighted by Gasteiger charge is 2.31. The number of nitrogens with zero attached hydrogens (tertiary/aromatic N) is 1. The summed E-state index contributed by atoms with van der Waals surface area (Å²) in [5.41, 5.74) is 0.626. The van der Waals surface area contributed by atoms with Crippen molar-refractivity contribution in [1.29, 1.82) is 5.41 Å². The van der Waals surface area contributed by atoms with Crippen LogP contribution < -0.4 is 20.9 Å². The van der Waals surface area contributed by atoms with E-state index in [1.807, 2.05) is 0 Å². The molecule has 0 saturated heterocycles. The molecule has 0 aliphatic heterocycles. The number of alkyl halides is 3. The number of pyridine rings is 1. The minimum absolute atomic E-state index is 0.146. The van der Waals surface area contributed by atoms with Crippen molar-refractivity contribution in [2.75, 3.05) is 24.7 Å². The highest BCUT2D eigenvalue weighted by atomic mass is 19.4. The van der Waals surface area contributed by atoms with Crippen LogP contribution >= 0.6 is 0 Å². The van der Waals surface area contributed by atoms with Crippen LogP contribution in [0.15, 0.2) is 41.3 Å². The van der Waals surface area contributed by atoms with Crippen molar-refractivity contribution in [2.45, 2.75) is 44.1 Å². The van der Waals surface area contributed by atoms with E-state index in [-0.39, 0.29) is 23.2 Å². The molecule has 0 radical (unpaired) electrons. The van der Waals surface area contributed by atoms with E-state index in [2.05, 4.69) is 39.3 Å². The van der Waals surface area contributed by atoms with Gasteiger partial charge in [0.25, 0.3) is 5.56 Å². The summed E-state index contributed by atoms with van der Waals surface area (Å²) in [6, 6.07) is 7.43. The predicted octanol–water partition coefficient (Wildman–Crippen LogP) is 4.00. The molecule has 1 aliphatic rings. The Balaban J connectivity index is 1.69. The Morgan fingerprint density at radius 3 is 2.35 bits per heavy atom. The minimum Gasteiger partial charge on any atom is -0.406 e. The van der Waals surface area contributed by atoms with E-state index in [0.717, 1.165) is 37.8 Å². The summed E-state index contributed by atoms with van der Waals surface area (Å²) >= 11 is 0. The largest absolute Gasteiger partial charge is 0.573 e. The van der Waals surface area contributed by atoms with Gasteiger partial charge in [0.05, 0.1) is 5.69 Å². The van der Waals surface area contributed by atoms with E-state index >= 15 is 0 Å². The molecule has 1 aromatic carbocycles. The van der Waals surface area contributed by atoms with Gasteiger partial charge in [-0.05, 0) is 70.1 Å². The average Bonchev–Trinajstić information content (AvgIpc) is 2.69. The number of anilines is 2. The van der Waals surface area contributed by atoms with E-state index in [0.29, 0.717) is 17.4 Å². The van der Waals surface area contributed by atoms with Crippen molar-refractivity contribution in [2.24, 2.45) is 0 Å². The standard InChI is InChI=1S/C21H26F3N5O2/c1-29(2)15-7-3-13(4-8-15)27-17-11-12-26-20(30)18(17)19(25)28-14-5-9-16(10-6-14)31-21(22,23)24/h5-6,9-13,15H,3-4,7-8H2,1-2H3,(H2,25,28)(H2,26,27,30). The Hall–Kier alpha value is -3.01. The van der Waals surface area contributed by atoms with E-state index < -0.39 is 11.9 Å². The third kappa shape index (κ3) is 6.24. The van der Waals surface area contributed by atoms with Crippen LogP contribution in [0.3, 0.4) is 0 Å². The van der Waals surface area contributed by atoms with Gasteiger partial charge in [-0.1, -0.05) is 0 Å². The van der Waals surface area contributed by atoms with E-state index in [1.165, 1.54) is 18.3 Å². The lowest BCUT2D eigenvalue weighted by Crippen LogP contribution is -2.37. The van der Waals surface area contributed by atoms with Gasteiger partial charge in [0.15, 0.2) is 0 Å². The van der Waals surface area contributed by atoms with Crippen LogP contribution in [0.2, 0.25) is 0 Å². The molecule has 10 heteroatoms. The van der Waals surface area contributed by atoms with Crippen LogP contribution in [0.25, 0.3) is 0 Å². The molecule has 3 rings (SSSR count). The van der Waals surface area contributed by atoms with Crippen molar-refractivity contribution in [3.63, 3.8) is 0 Å². The van der Waals surface area contributed by atoms with Gasteiger partial charge >= 0.3 is 6.36 Å². The van der Waals surface area contributed by atoms with E-state index in [9.17, 15) is 18.0 Å². The molecule has 0 atom stereocenters. The Bertz CT molecular complexity index is 949. The third-order valence-electron chi connectivity index (χ3n) is 5.35. The van der Waals surface area contributed by atoms with Crippen LogP contribution in [-0.2, 0) is 0 Å². The molecular weight excluding hydrogens is 411 g/mol. The van der Waals surface area contributed by atoms with Crippen LogP contribution in [0, 0.1) is 5.41 Å². The summed E-state index contributed by atoms with van der Waals surface area (Å²) in [7, 11) is 4.14. The Labute approximate surface area is 178 Å². The summed E-state index contributed by atoms with van der Waals surface area (Å²) in [6.07, 6.45) is 0.755. The maximum atomic E-state index is 12.4. The SMILES string of the molecule is CN(C)C1CCC(Nc2cc[nH]c(=O)c2C(=N)Nc2ccc(OC(F)(F)F)cc2)CC1. The number of amidine groups is 1. The lowest BCUT2D eigenvalue weighted by atomic mass is 9.90. The number of ether oxygens (including phenoxy) is 1. The molecule has 0 spiro atoms. The molecule has 0 bridgehead atoms. The molecule has 31 heavy (non-hydrogen) atoms. The molecule has 7 nitrogen and oxygen atoms in total. The van der Waals surface area contributed by atoms with E-state index in [4.69, 9.17) is 5.41 Å². The van der Waals surface area contributed by atoms with Crippen molar-refractivity contribution in [3.05, 3.63) is 52.4 Å². The monoisotopic (exact) mass is 437 g/mol. The van der Waals surface area contributed by atoms with Crippen molar-refractivity contribution in [3.8, 4) is 5.75 Å². The average molecular weight is 437 g/mol.